The van der Waals surface area contributed by atoms with E-state index >= 15 is 0 Å². The Bertz CT molecular complexity index is 874. The molecule has 2 aromatic heterocycles. The number of piperidine rings is 1. The van der Waals surface area contributed by atoms with Crippen LogP contribution in [0.5, 0.6) is 0 Å². The molecule has 1 N–H and O–H groups in total. The first-order chi connectivity index (χ1) is 12.1. The van der Waals surface area contributed by atoms with Crippen LogP contribution in [0.3, 0.4) is 0 Å². The topological polar surface area (TPSA) is 92.9 Å². The van der Waals surface area contributed by atoms with Crippen LogP contribution in [0.2, 0.25) is 0 Å². The smallest absolute Gasteiger partial charge is 0.358 e. The van der Waals surface area contributed by atoms with Gasteiger partial charge in [-0.3, -0.25) is 4.57 Å². The van der Waals surface area contributed by atoms with Crippen LogP contribution in [0, 0.1) is 16.0 Å². The van der Waals surface area contributed by atoms with Gasteiger partial charge in [-0.2, -0.15) is 0 Å². The number of aryl methyl sites for hydroxylation is 1. The van der Waals surface area contributed by atoms with Crippen LogP contribution in [-0.4, -0.2) is 37.5 Å². The molecule has 0 spiro atoms. The van der Waals surface area contributed by atoms with Crippen molar-refractivity contribution in [3.8, 4) is 0 Å². The van der Waals surface area contributed by atoms with Crippen LogP contribution in [0.1, 0.15) is 18.7 Å². The summed E-state index contributed by atoms with van der Waals surface area (Å²) in [4.78, 5) is 24.8. The van der Waals surface area contributed by atoms with E-state index in [1.54, 1.807) is 11.6 Å². The molecule has 3 aromatic rings. The molecule has 0 unspecified atom stereocenters. The number of benzene rings is 1. The second-order valence-electron chi connectivity index (χ2n) is 6.59. The van der Waals surface area contributed by atoms with E-state index < -0.39 is 4.92 Å². The number of nitro groups is 1. The second-order valence-corrected chi connectivity index (χ2v) is 6.59. The molecule has 130 valence electrons. The highest BCUT2D eigenvalue weighted by molar-refractivity contribution is 5.74. The maximum Gasteiger partial charge on any atom is 0.406 e. The Morgan fingerprint density at radius 3 is 2.80 bits per heavy atom. The lowest BCUT2D eigenvalue weighted by Gasteiger charge is -2.32. The lowest BCUT2D eigenvalue weighted by Crippen LogP contribution is -2.35. The van der Waals surface area contributed by atoms with Crippen molar-refractivity contribution in [3.05, 3.63) is 46.5 Å². The minimum Gasteiger partial charge on any atom is -0.358 e. The molecule has 0 saturated carbocycles. The summed E-state index contributed by atoms with van der Waals surface area (Å²) in [6.07, 6.45) is 4.39. The third-order valence-corrected chi connectivity index (χ3v) is 4.89. The molecular weight excluding hydrogens is 320 g/mol. The van der Waals surface area contributed by atoms with Crippen molar-refractivity contribution in [1.29, 1.82) is 0 Å². The zero-order valence-electron chi connectivity index (χ0n) is 14.1. The molecule has 0 amide bonds. The highest BCUT2D eigenvalue weighted by atomic mass is 16.6. The summed E-state index contributed by atoms with van der Waals surface area (Å²) in [5.41, 5.74) is 2.07. The predicted octanol–water partition coefficient (Wildman–Crippen LogP) is 2.66. The number of rotatable bonds is 4. The van der Waals surface area contributed by atoms with E-state index in [1.807, 2.05) is 24.3 Å². The molecule has 0 radical (unpaired) electrons. The maximum absolute atomic E-state index is 11.2. The molecule has 1 aliphatic heterocycles. The first-order valence-corrected chi connectivity index (χ1v) is 8.46. The number of aromatic nitrogens is 4. The number of anilines is 1. The number of para-hydroxylation sites is 2. The Labute approximate surface area is 144 Å². The third-order valence-electron chi connectivity index (χ3n) is 4.89. The molecule has 8 nitrogen and oxygen atoms in total. The normalized spacial score (nSPS) is 15.8. The molecule has 3 heterocycles. The van der Waals surface area contributed by atoms with E-state index in [1.165, 1.54) is 6.33 Å². The van der Waals surface area contributed by atoms with Gasteiger partial charge < -0.3 is 20.0 Å². The molecule has 1 saturated heterocycles. The third kappa shape index (κ3) is 2.95. The number of hydrogen-bond donors (Lipinski definition) is 1. The van der Waals surface area contributed by atoms with E-state index in [0.29, 0.717) is 11.7 Å². The average Bonchev–Trinajstić information content (AvgIpc) is 3.18. The number of H-pyrrole nitrogens is 1. The van der Waals surface area contributed by atoms with Crippen molar-refractivity contribution >= 4 is 22.7 Å². The predicted molar refractivity (Wildman–Crippen MR) is 94.6 cm³/mol. The van der Waals surface area contributed by atoms with Crippen LogP contribution in [0.15, 0.2) is 30.6 Å². The van der Waals surface area contributed by atoms with E-state index in [2.05, 4.69) is 19.9 Å². The molecule has 1 fully saturated rings. The molecule has 25 heavy (non-hydrogen) atoms. The molecule has 0 aliphatic carbocycles. The van der Waals surface area contributed by atoms with Gasteiger partial charge in [0.15, 0.2) is 0 Å². The Balaban J connectivity index is 1.43. The van der Waals surface area contributed by atoms with Gasteiger partial charge in [0.25, 0.3) is 0 Å². The number of nitrogens with zero attached hydrogens (tertiary/aromatic N) is 5. The molecular formula is C17H20N6O2. The van der Waals surface area contributed by atoms with Crippen molar-refractivity contribution in [3.63, 3.8) is 0 Å². The van der Waals surface area contributed by atoms with Gasteiger partial charge in [-0.05, 0) is 40.8 Å². The summed E-state index contributed by atoms with van der Waals surface area (Å²) in [7, 11) is 1.80. The summed E-state index contributed by atoms with van der Waals surface area (Å²) < 4.78 is 1.73. The monoisotopic (exact) mass is 340 g/mol. The van der Waals surface area contributed by atoms with Crippen molar-refractivity contribution in [2.75, 3.05) is 18.0 Å². The molecule has 1 aliphatic rings. The van der Waals surface area contributed by atoms with E-state index in [0.717, 1.165) is 49.2 Å². The van der Waals surface area contributed by atoms with Gasteiger partial charge in [-0.15, -0.1) is 0 Å². The first-order valence-electron chi connectivity index (χ1n) is 8.46. The van der Waals surface area contributed by atoms with Gasteiger partial charge in [0.1, 0.15) is 5.82 Å². The average molecular weight is 340 g/mol. The Hall–Kier alpha value is -2.90. The SMILES string of the molecule is Cn1cnc([N+](=O)[O-])c1N1CCC(Cc2nc3ccccc3[nH]2)CC1. The lowest BCUT2D eigenvalue weighted by atomic mass is 9.93. The number of nitrogens with one attached hydrogen (secondary N) is 1. The molecule has 8 heteroatoms. The quantitative estimate of drug-likeness (QED) is 0.582. The Morgan fingerprint density at radius 2 is 2.08 bits per heavy atom. The van der Waals surface area contributed by atoms with Crippen molar-refractivity contribution in [2.45, 2.75) is 19.3 Å². The largest absolute Gasteiger partial charge is 0.406 e. The molecule has 0 atom stereocenters. The minimum absolute atomic E-state index is 0.0572. The fourth-order valence-corrected chi connectivity index (χ4v) is 3.63. The second kappa shape index (κ2) is 6.19. The van der Waals surface area contributed by atoms with Gasteiger partial charge in [0, 0.05) is 26.6 Å². The number of hydrogen-bond acceptors (Lipinski definition) is 5. The van der Waals surface area contributed by atoms with E-state index in [-0.39, 0.29) is 5.82 Å². The highest BCUT2D eigenvalue weighted by Gasteiger charge is 2.29. The molecule has 4 rings (SSSR count). The summed E-state index contributed by atoms with van der Waals surface area (Å²) in [6, 6.07) is 8.05. The van der Waals surface area contributed by atoms with Crippen LogP contribution < -0.4 is 4.90 Å². The minimum atomic E-state index is -0.407. The highest BCUT2D eigenvalue weighted by Crippen LogP contribution is 2.30. The van der Waals surface area contributed by atoms with Gasteiger partial charge in [0.05, 0.1) is 11.0 Å². The lowest BCUT2D eigenvalue weighted by molar-refractivity contribution is -0.388. The number of aromatic amines is 1. The van der Waals surface area contributed by atoms with E-state index in [9.17, 15) is 10.1 Å². The zero-order chi connectivity index (χ0) is 17.4. The fraction of sp³-hybridized carbons (Fsp3) is 0.412. The number of fused-ring (bicyclic) bond motifs is 1. The van der Waals surface area contributed by atoms with Crippen molar-refractivity contribution in [2.24, 2.45) is 13.0 Å². The first kappa shape index (κ1) is 15.6. The van der Waals surface area contributed by atoms with Crippen LogP contribution >= 0.6 is 0 Å². The summed E-state index contributed by atoms with van der Waals surface area (Å²) in [6.45, 7) is 1.59. The van der Waals surface area contributed by atoms with Crippen LogP contribution in [0.4, 0.5) is 11.6 Å². The summed E-state index contributed by atoms with van der Waals surface area (Å²) in [5, 5.41) is 11.2. The molecule has 1 aromatic carbocycles. The molecule has 0 bridgehead atoms. The van der Waals surface area contributed by atoms with Gasteiger partial charge in [-0.1, -0.05) is 12.1 Å². The standard InChI is InChI=1S/C17H20N6O2/c1-21-11-18-16(23(24)25)17(21)22-8-6-12(7-9-22)10-15-19-13-4-2-3-5-14(13)20-15/h2-5,11-12H,6-10H2,1H3,(H,19,20). The van der Waals surface area contributed by atoms with E-state index in [4.69, 9.17) is 0 Å². The van der Waals surface area contributed by atoms with Crippen LogP contribution in [0.25, 0.3) is 11.0 Å². The number of imidazole rings is 2. The zero-order valence-corrected chi connectivity index (χ0v) is 14.1. The van der Waals surface area contributed by atoms with Gasteiger partial charge >= 0.3 is 5.82 Å². The van der Waals surface area contributed by atoms with Gasteiger partial charge in [0.2, 0.25) is 12.1 Å². The summed E-state index contributed by atoms with van der Waals surface area (Å²) >= 11 is 0. The Morgan fingerprint density at radius 1 is 1.32 bits per heavy atom. The van der Waals surface area contributed by atoms with Crippen LogP contribution in [-0.2, 0) is 13.5 Å². The maximum atomic E-state index is 11.2. The Kier molecular flexibility index (Phi) is 3.87. The summed E-state index contributed by atoms with van der Waals surface area (Å²) in [5.74, 6) is 2.10. The van der Waals surface area contributed by atoms with Gasteiger partial charge in [-0.25, -0.2) is 4.98 Å². The van der Waals surface area contributed by atoms with Crippen molar-refractivity contribution < 1.29 is 4.92 Å². The fourth-order valence-electron chi connectivity index (χ4n) is 3.63. The van der Waals surface area contributed by atoms with Crippen molar-refractivity contribution in [1.82, 2.24) is 19.5 Å².